The van der Waals surface area contributed by atoms with Crippen molar-refractivity contribution in [3.05, 3.63) is 41.1 Å². The molecule has 0 bridgehead atoms. The molecule has 1 aromatic heterocycles. The second-order valence-corrected chi connectivity index (χ2v) is 5.60. The van der Waals surface area contributed by atoms with E-state index in [-0.39, 0.29) is 30.6 Å². The fourth-order valence-electron chi connectivity index (χ4n) is 2.46. The summed E-state index contributed by atoms with van der Waals surface area (Å²) in [6.45, 7) is 0.602. The first-order valence-corrected chi connectivity index (χ1v) is 7.17. The Balaban J connectivity index is 0.00000192. The van der Waals surface area contributed by atoms with Gasteiger partial charge in [-0.15, -0.1) is 12.4 Å². The van der Waals surface area contributed by atoms with Gasteiger partial charge in [-0.05, 0) is 18.6 Å². The van der Waals surface area contributed by atoms with E-state index in [1.165, 1.54) is 4.90 Å². The molecule has 1 amide bonds. The van der Waals surface area contributed by atoms with Gasteiger partial charge >= 0.3 is 5.97 Å². The number of aromatic nitrogens is 1. The number of benzene rings is 1. The molecule has 1 aromatic carbocycles. The number of carboxylic acids is 1. The number of amides is 1. The summed E-state index contributed by atoms with van der Waals surface area (Å²) in [6.07, 6.45) is 0.455. The van der Waals surface area contributed by atoms with Crippen LogP contribution in [-0.4, -0.2) is 40.1 Å². The van der Waals surface area contributed by atoms with Gasteiger partial charge < -0.3 is 14.5 Å². The Morgan fingerprint density at radius 3 is 2.78 bits per heavy atom. The third-order valence-corrected chi connectivity index (χ3v) is 3.90. The number of nitrogens with zero attached hydrogens (tertiary/aromatic N) is 2. The second-order valence-electron chi connectivity index (χ2n) is 5.16. The number of carbonyl (C=O) groups excluding carboxylic acids is 1. The topological polar surface area (TPSA) is 83.6 Å². The molecule has 1 unspecified atom stereocenters. The van der Waals surface area contributed by atoms with E-state index in [9.17, 15) is 9.59 Å². The Morgan fingerprint density at radius 1 is 1.35 bits per heavy atom. The number of likely N-dealkylation sites (tertiary alicyclic amines) is 1. The predicted molar refractivity (Wildman–Crippen MR) is 85.8 cm³/mol. The molecule has 1 fully saturated rings. The van der Waals surface area contributed by atoms with E-state index in [0.717, 1.165) is 5.56 Å². The van der Waals surface area contributed by atoms with Crippen molar-refractivity contribution >= 4 is 35.9 Å². The molecule has 1 aliphatic rings. The average Bonchev–Trinajstić information content (AvgIpc) is 3.16. The third-order valence-electron chi connectivity index (χ3n) is 3.67. The molecule has 1 saturated heterocycles. The summed E-state index contributed by atoms with van der Waals surface area (Å²) in [6, 6.07) is 8.61. The first kappa shape index (κ1) is 17.3. The van der Waals surface area contributed by atoms with Crippen LogP contribution in [0.4, 0.5) is 0 Å². The minimum Gasteiger partial charge on any atom is -0.481 e. The van der Waals surface area contributed by atoms with Gasteiger partial charge in [0, 0.05) is 29.7 Å². The minimum absolute atomic E-state index is 0. The van der Waals surface area contributed by atoms with E-state index in [4.69, 9.17) is 21.2 Å². The zero-order chi connectivity index (χ0) is 15.7. The van der Waals surface area contributed by atoms with Crippen LogP contribution in [0.25, 0.3) is 11.3 Å². The highest BCUT2D eigenvalue weighted by molar-refractivity contribution is 6.30. The lowest BCUT2D eigenvalue weighted by molar-refractivity contribution is -0.141. The fourth-order valence-corrected chi connectivity index (χ4v) is 2.65. The number of rotatable bonds is 3. The maximum absolute atomic E-state index is 12.3. The number of hydrogen-bond acceptors (Lipinski definition) is 4. The van der Waals surface area contributed by atoms with Gasteiger partial charge in [0.2, 0.25) is 5.76 Å². The largest absolute Gasteiger partial charge is 0.481 e. The smallest absolute Gasteiger partial charge is 0.308 e. The molecular weight excluding hydrogens is 343 g/mol. The number of hydrogen-bond donors (Lipinski definition) is 1. The second kappa shape index (κ2) is 7.02. The number of carboxylic acid groups (broad SMARTS) is 1. The van der Waals surface area contributed by atoms with Crippen molar-refractivity contribution < 1.29 is 19.2 Å². The van der Waals surface area contributed by atoms with Gasteiger partial charge in [0.25, 0.3) is 5.91 Å². The van der Waals surface area contributed by atoms with Crippen molar-refractivity contribution in [2.45, 2.75) is 6.42 Å². The maximum Gasteiger partial charge on any atom is 0.308 e. The number of carbonyl (C=O) groups is 2. The van der Waals surface area contributed by atoms with Crippen molar-refractivity contribution in [1.29, 1.82) is 0 Å². The summed E-state index contributed by atoms with van der Waals surface area (Å²) in [7, 11) is 0. The summed E-state index contributed by atoms with van der Waals surface area (Å²) in [5, 5.41) is 13.4. The molecule has 2 heterocycles. The molecule has 122 valence electrons. The normalized spacial score (nSPS) is 16.9. The Kier molecular flexibility index (Phi) is 5.28. The van der Waals surface area contributed by atoms with Crippen LogP contribution >= 0.6 is 24.0 Å². The highest BCUT2D eigenvalue weighted by Gasteiger charge is 2.32. The molecule has 0 saturated carbocycles. The van der Waals surface area contributed by atoms with Gasteiger partial charge in [-0.1, -0.05) is 28.9 Å². The van der Waals surface area contributed by atoms with Crippen LogP contribution in [0.15, 0.2) is 34.9 Å². The van der Waals surface area contributed by atoms with Crippen molar-refractivity contribution in [3.8, 4) is 11.3 Å². The lowest BCUT2D eigenvalue weighted by atomic mass is 10.1. The van der Waals surface area contributed by atoms with E-state index < -0.39 is 11.9 Å². The Labute approximate surface area is 143 Å². The molecule has 0 aliphatic carbocycles. The van der Waals surface area contributed by atoms with Crippen LogP contribution in [0.1, 0.15) is 17.0 Å². The molecule has 0 radical (unpaired) electrons. The molecule has 1 atom stereocenters. The van der Waals surface area contributed by atoms with Gasteiger partial charge in [0.15, 0.2) is 0 Å². The zero-order valence-electron chi connectivity index (χ0n) is 11.9. The summed E-state index contributed by atoms with van der Waals surface area (Å²) < 4.78 is 5.10. The minimum atomic E-state index is -0.882. The van der Waals surface area contributed by atoms with E-state index in [1.807, 2.05) is 6.07 Å². The van der Waals surface area contributed by atoms with Crippen LogP contribution in [0.5, 0.6) is 0 Å². The monoisotopic (exact) mass is 356 g/mol. The van der Waals surface area contributed by atoms with Crippen molar-refractivity contribution in [2.24, 2.45) is 5.92 Å². The third kappa shape index (κ3) is 3.65. The van der Waals surface area contributed by atoms with Gasteiger partial charge in [-0.2, -0.15) is 0 Å². The SMILES string of the molecule is Cl.O=C(O)C1CCN(C(=O)c2cc(-c3cccc(Cl)c3)no2)C1. The van der Waals surface area contributed by atoms with Crippen LogP contribution in [-0.2, 0) is 4.79 Å². The summed E-state index contributed by atoms with van der Waals surface area (Å²) in [4.78, 5) is 24.7. The Bertz CT molecular complexity index is 732. The van der Waals surface area contributed by atoms with Crippen molar-refractivity contribution in [3.63, 3.8) is 0 Å². The quantitative estimate of drug-likeness (QED) is 0.913. The Morgan fingerprint density at radius 2 is 2.13 bits per heavy atom. The predicted octanol–water partition coefficient (Wildman–Crippen LogP) is 2.96. The first-order chi connectivity index (χ1) is 10.5. The maximum atomic E-state index is 12.3. The molecule has 8 heteroatoms. The van der Waals surface area contributed by atoms with Crippen LogP contribution < -0.4 is 0 Å². The number of aliphatic carboxylic acids is 1. The molecule has 6 nitrogen and oxygen atoms in total. The highest BCUT2D eigenvalue weighted by atomic mass is 35.5. The van der Waals surface area contributed by atoms with E-state index in [2.05, 4.69) is 5.16 Å². The summed E-state index contributed by atoms with van der Waals surface area (Å²) >= 11 is 5.92. The molecule has 1 N–H and O–H groups in total. The van der Waals surface area contributed by atoms with E-state index in [0.29, 0.717) is 23.7 Å². The zero-order valence-corrected chi connectivity index (χ0v) is 13.5. The van der Waals surface area contributed by atoms with Crippen LogP contribution in [0, 0.1) is 5.92 Å². The standard InChI is InChI=1S/C15H13ClN2O4.ClH/c16-11-3-1-2-9(6-11)12-7-13(22-17-12)14(19)18-5-4-10(8-18)15(20)21;/h1-3,6-7,10H,4-5,8H2,(H,20,21);1H. The number of halogens is 2. The average molecular weight is 357 g/mol. The lowest BCUT2D eigenvalue weighted by Gasteiger charge is -2.12. The van der Waals surface area contributed by atoms with Gasteiger partial charge in [0.05, 0.1) is 5.92 Å². The molecule has 2 aromatic rings. The van der Waals surface area contributed by atoms with E-state index >= 15 is 0 Å². The molecular formula is C15H14Cl2N2O4. The molecule has 1 aliphatic heterocycles. The van der Waals surface area contributed by atoms with Gasteiger partial charge in [-0.3, -0.25) is 9.59 Å². The highest BCUT2D eigenvalue weighted by Crippen LogP contribution is 2.24. The lowest BCUT2D eigenvalue weighted by Crippen LogP contribution is -2.29. The first-order valence-electron chi connectivity index (χ1n) is 6.79. The molecule has 23 heavy (non-hydrogen) atoms. The summed E-state index contributed by atoms with van der Waals surface area (Å²) in [5.74, 6) is -1.64. The van der Waals surface area contributed by atoms with E-state index in [1.54, 1.807) is 24.3 Å². The molecule has 0 spiro atoms. The summed E-state index contributed by atoms with van der Waals surface area (Å²) in [5.41, 5.74) is 1.26. The van der Waals surface area contributed by atoms with Crippen molar-refractivity contribution in [1.82, 2.24) is 10.1 Å². The Hall–Kier alpha value is -2.05. The van der Waals surface area contributed by atoms with Gasteiger partial charge in [0.1, 0.15) is 5.69 Å². The van der Waals surface area contributed by atoms with Crippen molar-refractivity contribution in [2.75, 3.05) is 13.1 Å². The van der Waals surface area contributed by atoms with Crippen LogP contribution in [0.3, 0.4) is 0 Å². The molecule has 3 rings (SSSR count). The fraction of sp³-hybridized carbons (Fsp3) is 0.267. The van der Waals surface area contributed by atoms with Gasteiger partial charge in [-0.25, -0.2) is 0 Å². The van der Waals surface area contributed by atoms with Crippen LogP contribution in [0.2, 0.25) is 5.02 Å².